The van der Waals surface area contributed by atoms with Crippen LogP contribution in [0.3, 0.4) is 0 Å². The second kappa shape index (κ2) is 10.8. The second-order valence-electron chi connectivity index (χ2n) is 12.2. The number of fused-ring (bicyclic) bond motifs is 1. The maximum absolute atomic E-state index is 13.0. The predicted molar refractivity (Wildman–Crippen MR) is 155 cm³/mol. The number of aliphatic hydroxyl groups is 2. The lowest BCUT2D eigenvalue weighted by atomic mass is 9.92. The third kappa shape index (κ3) is 6.28. The van der Waals surface area contributed by atoms with Crippen molar-refractivity contribution < 1.29 is 27.8 Å². The molecule has 40 heavy (non-hydrogen) atoms. The van der Waals surface area contributed by atoms with E-state index in [0.717, 1.165) is 10.2 Å². The van der Waals surface area contributed by atoms with E-state index in [-0.39, 0.29) is 17.6 Å². The average molecular weight is 598 g/mol. The van der Waals surface area contributed by atoms with Crippen molar-refractivity contribution in [2.75, 3.05) is 23.8 Å². The number of nitrogens with one attached hydrogen (secondary N) is 2. The van der Waals surface area contributed by atoms with Gasteiger partial charge in [-0.1, -0.05) is 32.9 Å². The van der Waals surface area contributed by atoms with Gasteiger partial charge in [-0.2, -0.15) is 18.2 Å². The standard InChI is InChI=1S/C27H38F3N5O3SSi/c1-15-20(23-34-17-10-8-9-11-19(17)39-23)22(35-24(32-15)31-14-27(28,29)30)33-18-12-16(13-36)26(5,37)21(18)38-40(6,7)25(2,3)4/h8-11,16,18,21,36-37H,12-14H2,1-7H3,(H2,31,32,33,35)/t16-,18-,21+,26-/m1/s1. The van der Waals surface area contributed by atoms with Crippen molar-refractivity contribution in [3.05, 3.63) is 30.0 Å². The fourth-order valence-electron chi connectivity index (χ4n) is 4.74. The molecule has 8 nitrogen and oxygen atoms in total. The van der Waals surface area contributed by atoms with Crippen LogP contribution in [0.25, 0.3) is 20.8 Å². The molecule has 2 aromatic heterocycles. The molecule has 1 aliphatic carbocycles. The second-order valence-corrected chi connectivity index (χ2v) is 18.0. The number of aliphatic hydroxyl groups excluding tert-OH is 1. The number of benzene rings is 1. The Labute approximate surface area is 237 Å². The molecular formula is C27H38F3N5O3SSi. The van der Waals surface area contributed by atoms with E-state index in [1.807, 2.05) is 24.3 Å². The molecule has 1 aromatic carbocycles. The highest BCUT2D eigenvalue weighted by atomic mass is 32.1. The van der Waals surface area contributed by atoms with E-state index in [2.05, 4.69) is 54.5 Å². The number of thiazole rings is 1. The molecule has 0 unspecified atom stereocenters. The molecule has 0 radical (unpaired) electrons. The minimum atomic E-state index is -4.45. The summed E-state index contributed by atoms with van der Waals surface area (Å²) < 4.78 is 46.7. The van der Waals surface area contributed by atoms with Crippen LogP contribution < -0.4 is 10.6 Å². The van der Waals surface area contributed by atoms with Crippen LogP contribution in [0.5, 0.6) is 0 Å². The van der Waals surface area contributed by atoms with E-state index in [4.69, 9.17) is 9.41 Å². The summed E-state index contributed by atoms with van der Waals surface area (Å²) in [6, 6.07) is 7.15. The number of alkyl halides is 3. The van der Waals surface area contributed by atoms with Crippen LogP contribution in [0.1, 0.15) is 39.8 Å². The summed E-state index contributed by atoms with van der Waals surface area (Å²) in [5.41, 5.74) is 0.455. The minimum Gasteiger partial charge on any atom is -0.409 e. The Bertz CT molecular complexity index is 1330. The number of nitrogens with zero attached hydrogens (tertiary/aromatic N) is 3. The first-order valence-electron chi connectivity index (χ1n) is 13.3. The SMILES string of the molecule is Cc1nc(NCC(F)(F)F)nc(N[C@@H]2C[C@H](CO)[C@@](C)(O)[C@H]2O[Si](C)(C)C(C)(C)C)c1-c1nc2ccccc2s1. The van der Waals surface area contributed by atoms with E-state index in [9.17, 15) is 23.4 Å². The molecular weight excluding hydrogens is 559 g/mol. The average Bonchev–Trinajstić information content (AvgIpc) is 3.35. The molecule has 3 aromatic rings. The van der Waals surface area contributed by atoms with E-state index in [1.165, 1.54) is 11.3 Å². The lowest BCUT2D eigenvalue weighted by molar-refractivity contribution is -0.115. The summed E-state index contributed by atoms with van der Waals surface area (Å²) in [4.78, 5) is 13.5. The number of aryl methyl sites for hydroxylation is 1. The van der Waals surface area contributed by atoms with Crippen LogP contribution >= 0.6 is 11.3 Å². The van der Waals surface area contributed by atoms with Gasteiger partial charge in [-0.3, -0.25) is 0 Å². The smallest absolute Gasteiger partial charge is 0.405 e. The zero-order valence-corrected chi connectivity index (χ0v) is 25.7. The van der Waals surface area contributed by atoms with E-state index in [0.29, 0.717) is 28.5 Å². The quantitative estimate of drug-likeness (QED) is 0.235. The summed E-state index contributed by atoms with van der Waals surface area (Å²) in [5, 5.41) is 27.9. The number of rotatable bonds is 8. The Morgan fingerprint density at radius 2 is 1.82 bits per heavy atom. The van der Waals surface area contributed by atoms with Crippen molar-refractivity contribution in [1.82, 2.24) is 15.0 Å². The van der Waals surface area contributed by atoms with Gasteiger partial charge in [-0.15, -0.1) is 11.3 Å². The summed E-state index contributed by atoms with van der Waals surface area (Å²) in [5.74, 6) is -0.358. The number of anilines is 2. The summed E-state index contributed by atoms with van der Waals surface area (Å²) >= 11 is 1.43. The number of hydrogen-bond donors (Lipinski definition) is 4. The highest BCUT2D eigenvalue weighted by Crippen LogP contribution is 2.46. The van der Waals surface area contributed by atoms with Crippen molar-refractivity contribution in [3.8, 4) is 10.6 Å². The Kier molecular flexibility index (Phi) is 8.29. The van der Waals surface area contributed by atoms with Gasteiger partial charge in [-0.05, 0) is 50.5 Å². The van der Waals surface area contributed by atoms with Crippen LogP contribution in [0.4, 0.5) is 24.9 Å². The van der Waals surface area contributed by atoms with Gasteiger partial charge in [-0.25, -0.2) is 9.97 Å². The normalized spacial score (nSPS) is 24.1. The monoisotopic (exact) mass is 597 g/mol. The third-order valence-corrected chi connectivity index (χ3v) is 13.6. The Hall–Kier alpha value is -2.32. The van der Waals surface area contributed by atoms with Crippen molar-refractivity contribution >= 4 is 41.6 Å². The van der Waals surface area contributed by atoms with Gasteiger partial charge < -0.3 is 25.3 Å². The summed E-state index contributed by atoms with van der Waals surface area (Å²) in [7, 11) is -2.38. The Morgan fingerprint density at radius 3 is 2.42 bits per heavy atom. The molecule has 0 aliphatic heterocycles. The van der Waals surface area contributed by atoms with Crippen LogP contribution in [0.2, 0.25) is 18.1 Å². The number of hydrogen-bond acceptors (Lipinski definition) is 9. The number of halogens is 3. The maximum atomic E-state index is 13.0. The van der Waals surface area contributed by atoms with Crippen molar-refractivity contribution in [2.24, 2.45) is 5.92 Å². The molecule has 0 bridgehead atoms. The van der Waals surface area contributed by atoms with E-state index in [1.54, 1.807) is 13.8 Å². The molecule has 1 saturated carbocycles. The highest BCUT2D eigenvalue weighted by molar-refractivity contribution is 7.21. The van der Waals surface area contributed by atoms with E-state index < -0.39 is 44.7 Å². The minimum absolute atomic E-state index is 0.142. The molecule has 1 fully saturated rings. The molecule has 2 heterocycles. The molecule has 0 saturated heterocycles. The Morgan fingerprint density at radius 1 is 1.15 bits per heavy atom. The fraction of sp³-hybridized carbons (Fsp3) is 0.593. The zero-order chi connectivity index (χ0) is 29.7. The first-order valence-corrected chi connectivity index (χ1v) is 17.0. The van der Waals surface area contributed by atoms with Crippen LogP contribution in [0.15, 0.2) is 24.3 Å². The molecule has 4 atom stereocenters. The molecule has 13 heteroatoms. The number of para-hydroxylation sites is 1. The fourth-order valence-corrected chi connectivity index (χ4v) is 7.20. The van der Waals surface area contributed by atoms with Crippen LogP contribution in [0, 0.1) is 12.8 Å². The molecule has 4 N–H and O–H groups in total. The highest BCUT2D eigenvalue weighted by Gasteiger charge is 2.55. The van der Waals surface area contributed by atoms with E-state index >= 15 is 0 Å². The first kappa shape index (κ1) is 30.6. The molecule has 4 rings (SSSR count). The van der Waals surface area contributed by atoms with Crippen LogP contribution in [-0.2, 0) is 4.43 Å². The Balaban J connectivity index is 1.79. The summed E-state index contributed by atoms with van der Waals surface area (Å²) in [6.45, 7) is 12.3. The predicted octanol–water partition coefficient (Wildman–Crippen LogP) is 5.97. The van der Waals surface area contributed by atoms with Gasteiger partial charge in [0.2, 0.25) is 5.95 Å². The topological polar surface area (TPSA) is 112 Å². The van der Waals surface area contributed by atoms with Crippen molar-refractivity contribution in [3.63, 3.8) is 0 Å². The first-order chi connectivity index (χ1) is 18.4. The van der Waals surface area contributed by atoms with Gasteiger partial charge in [0.1, 0.15) is 17.4 Å². The maximum Gasteiger partial charge on any atom is 0.405 e. The number of aromatic nitrogens is 3. The molecule has 0 spiro atoms. The van der Waals surface area contributed by atoms with Crippen LogP contribution in [-0.4, -0.2) is 70.6 Å². The van der Waals surface area contributed by atoms with Crippen molar-refractivity contribution in [2.45, 2.75) is 83.1 Å². The molecule has 1 aliphatic rings. The lowest BCUT2D eigenvalue weighted by Gasteiger charge is -2.43. The lowest BCUT2D eigenvalue weighted by Crippen LogP contribution is -2.55. The van der Waals surface area contributed by atoms with Gasteiger partial charge in [0.05, 0.1) is 39.2 Å². The van der Waals surface area contributed by atoms with Gasteiger partial charge in [0, 0.05) is 12.5 Å². The summed E-state index contributed by atoms with van der Waals surface area (Å²) in [6.07, 6.45) is -4.77. The van der Waals surface area contributed by atoms with Gasteiger partial charge in [0.25, 0.3) is 0 Å². The third-order valence-electron chi connectivity index (χ3n) is 8.12. The largest absolute Gasteiger partial charge is 0.409 e. The van der Waals surface area contributed by atoms with Gasteiger partial charge in [0.15, 0.2) is 8.32 Å². The molecule has 0 amide bonds. The molecule has 220 valence electrons. The van der Waals surface area contributed by atoms with Crippen molar-refractivity contribution in [1.29, 1.82) is 0 Å². The zero-order valence-electron chi connectivity index (χ0n) is 23.8. The van der Waals surface area contributed by atoms with Gasteiger partial charge >= 0.3 is 6.18 Å².